The maximum absolute atomic E-state index is 12.2. The zero-order valence-electron chi connectivity index (χ0n) is 16.3. The molecule has 2 rings (SSSR count). The molecule has 1 aliphatic rings. The smallest absolute Gasteiger partial charge is 0.244 e. The Labute approximate surface area is 165 Å². The van der Waals surface area contributed by atoms with Crippen LogP contribution in [0.4, 0.5) is 0 Å². The lowest BCUT2D eigenvalue weighted by molar-refractivity contribution is -0.124. The highest BCUT2D eigenvalue weighted by atomic mass is 32.2. The van der Waals surface area contributed by atoms with E-state index in [4.69, 9.17) is 5.11 Å². The Balaban J connectivity index is 1.82. The number of carbonyl (C=O) groups excluding carboxylic acids is 2. The Morgan fingerprint density at radius 1 is 1.22 bits per heavy atom. The highest BCUT2D eigenvalue weighted by Gasteiger charge is 2.17. The molecule has 1 aliphatic heterocycles. The molecular formula is C20H29N3O3S. The van der Waals surface area contributed by atoms with E-state index in [9.17, 15) is 9.59 Å². The Morgan fingerprint density at radius 3 is 2.52 bits per heavy atom. The van der Waals surface area contributed by atoms with Crippen molar-refractivity contribution in [1.82, 2.24) is 15.3 Å². The number of aliphatic hydroxyl groups excluding tert-OH is 1. The van der Waals surface area contributed by atoms with Gasteiger partial charge in [-0.1, -0.05) is 6.07 Å². The summed E-state index contributed by atoms with van der Waals surface area (Å²) in [4.78, 5) is 26.7. The van der Waals surface area contributed by atoms with Crippen LogP contribution in [-0.2, 0) is 9.59 Å². The summed E-state index contributed by atoms with van der Waals surface area (Å²) in [5.74, 6) is 0.391. The molecule has 27 heavy (non-hydrogen) atoms. The Kier molecular flexibility index (Phi) is 8.50. The number of hydrogen-bond donors (Lipinski definition) is 2. The number of thioether (sulfide) groups is 1. The van der Waals surface area contributed by atoms with Gasteiger partial charge in [0.25, 0.3) is 0 Å². The second kappa shape index (κ2) is 10.6. The van der Waals surface area contributed by atoms with Crippen LogP contribution in [0.5, 0.6) is 0 Å². The van der Waals surface area contributed by atoms with E-state index in [1.165, 1.54) is 11.8 Å². The molecule has 1 heterocycles. The largest absolute Gasteiger partial charge is 0.395 e. The van der Waals surface area contributed by atoms with E-state index in [1.54, 1.807) is 13.0 Å². The Hall–Kier alpha value is -1.67. The summed E-state index contributed by atoms with van der Waals surface area (Å²) in [6.45, 7) is 9.60. The first-order chi connectivity index (χ1) is 12.9. The first-order valence-corrected chi connectivity index (χ1v) is 10.2. The van der Waals surface area contributed by atoms with Crippen molar-refractivity contribution in [3.63, 3.8) is 0 Å². The number of rotatable bonds is 8. The first-order valence-electron chi connectivity index (χ1n) is 9.19. The Morgan fingerprint density at radius 2 is 1.93 bits per heavy atom. The standard InChI is InChI=1S/C20H29N3O3S/c1-15(12-17(3)25)19-5-4-18(13-16(19)2)27-14-20(26)21-23-8-6-22(7-9-23)10-11-24/h4-5,12-13,24H,6-11,14H2,1-3H3,(H,21,26)/b15-12-. The second-order valence-electron chi connectivity index (χ2n) is 6.79. The van der Waals surface area contributed by atoms with Crippen molar-refractivity contribution < 1.29 is 14.7 Å². The average Bonchev–Trinajstić information content (AvgIpc) is 2.61. The number of nitrogens with zero attached hydrogens (tertiary/aromatic N) is 2. The minimum atomic E-state index is -0.00926. The molecule has 0 atom stereocenters. The molecule has 0 spiro atoms. The van der Waals surface area contributed by atoms with E-state index in [0.29, 0.717) is 12.3 Å². The van der Waals surface area contributed by atoms with Gasteiger partial charge in [0.2, 0.25) is 5.91 Å². The number of allylic oxidation sites excluding steroid dienone is 2. The van der Waals surface area contributed by atoms with Gasteiger partial charge in [0.15, 0.2) is 5.78 Å². The van der Waals surface area contributed by atoms with Crippen molar-refractivity contribution in [1.29, 1.82) is 0 Å². The Bertz CT molecular complexity index is 698. The summed E-state index contributed by atoms with van der Waals surface area (Å²) < 4.78 is 0. The van der Waals surface area contributed by atoms with Crippen molar-refractivity contribution >= 4 is 29.0 Å². The number of nitrogens with one attached hydrogen (secondary N) is 1. The predicted molar refractivity (Wildman–Crippen MR) is 109 cm³/mol. The summed E-state index contributed by atoms with van der Waals surface area (Å²) >= 11 is 1.51. The lowest BCUT2D eigenvalue weighted by Gasteiger charge is -2.34. The van der Waals surface area contributed by atoms with Crippen molar-refractivity contribution in [3.05, 3.63) is 35.4 Å². The third-order valence-corrected chi connectivity index (χ3v) is 5.48. The van der Waals surface area contributed by atoms with Gasteiger partial charge in [0.05, 0.1) is 12.4 Å². The summed E-state index contributed by atoms with van der Waals surface area (Å²) in [6.07, 6.45) is 1.64. The van der Waals surface area contributed by atoms with E-state index in [0.717, 1.165) is 47.8 Å². The number of amides is 1. The molecule has 0 bridgehead atoms. The van der Waals surface area contributed by atoms with E-state index in [2.05, 4.69) is 16.4 Å². The molecule has 1 aromatic rings. The second-order valence-corrected chi connectivity index (χ2v) is 7.84. The molecule has 7 heteroatoms. The molecule has 1 amide bonds. The van der Waals surface area contributed by atoms with Crippen LogP contribution in [0.3, 0.4) is 0 Å². The monoisotopic (exact) mass is 391 g/mol. The van der Waals surface area contributed by atoms with Gasteiger partial charge in [0, 0.05) is 37.6 Å². The fourth-order valence-electron chi connectivity index (χ4n) is 3.13. The zero-order chi connectivity index (χ0) is 19.8. The van der Waals surface area contributed by atoms with Crippen molar-refractivity contribution in [2.75, 3.05) is 45.1 Å². The van der Waals surface area contributed by atoms with Gasteiger partial charge < -0.3 is 5.11 Å². The number of piperazine rings is 1. The van der Waals surface area contributed by atoms with E-state index in [1.807, 2.05) is 31.0 Å². The number of aliphatic hydroxyl groups is 1. The third-order valence-electron chi connectivity index (χ3n) is 4.48. The van der Waals surface area contributed by atoms with Gasteiger partial charge in [-0.15, -0.1) is 11.8 Å². The fraction of sp³-hybridized carbons (Fsp3) is 0.500. The van der Waals surface area contributed by atoms with Crippen LogP contribution in [0.1, 0.15) is 25.0 Å². The summed E-state index contributed by atoms with van der Waals surface area (Å²) in [6, 6.07) is 6.05. The van der Waals surface area contributed by atoms with Crippen molar-refractivity contribution in [2.45, 2.75) is 25.7 Å². The summed E-state index contributed by atoms with van der Waals surface area (Å²) in [7, 11) is 0. The maximum Gasteiger partial charge on any atom is 0.244 e. The van der Waals surface area contributed by atoms with E-state index < -0.39 is 0 Å². The number of aryl methyl sites for hydroxylation is 1. The number of benzene rings is 1. The van der Waals surface area contributed by atoms with Crippen LogP contribution < -0.4 is 5.43 Å². The average molecular weight is 392 g/mol. The SMILES string of the molecule is CC(=O)/C=C(/C)c1ccc(SCC(=O)NN2CCN(CCO)CC2)cc1C. The fourth-order valence-corrected chi connectivity index (χ4v) is 3.92. The van der Waals surface area contributed by atoms with Gasteiger partial charge in [-0.25, -0.2) is 5.01 Å². The first kappa shape index (κ1) is 21.6. The van der Waals surface area contributed by atoms with Gasteiger partial charge in [0.1, 0.15) is 0 Å². The van der Waals surface area contributed by atoms with Gasteiger partial charge in [-0.05, 0) is 55.7 Å². The molecule has 0 radical (unpaired) electrons. The van der Waals surface area contributed by atoms with Crippen molar-refractivity contribution in [3.8, 4) is 0 Å². The molecule has 2 N–H and O–H groups in total. The van der Waals surface area contributed by atoms with Crippen LogP contribution in [-0.4, -0.2) is 71.8 Å². The number of hydrazine groups is 1. The molecule has 0 aromatic heterocycles. The van der Waals surface area contributed by atoms with Gasteiger partial charge in [-0.3, -0.25) is 19.9 Å². The molecule has 1 saturated heterocycles. The number of ketones is 1. The highest BCUT2D eigenvalue weighted by Crippen LogP contribution is 2.25. The summed E-state index contributed by atoms with van der Waals surface area (Å²) in [5.41, 5.74) is 6.06. The maximum atomic E-state index is 12.2. The minimum absolute atomic E-state index is 0.00926. The van der Waals surface area contributed by atoms with Gasteiger partial charge >= 0.3 is 0 Å². The molecule has 148 valence electrons. The predicted octanol–water partition coefficient (Wildman–Crippen LogP) is 1.72. The minimum Gasteiger partial charge on any atom is -0.395 e. The van der Waals surface area contributed by atoms with E-state index >= 15 is 0 Å². The molecule has 1 aromatic carbocycles. The molecule has 0 aliphatic carbocycles. The summed E-state index contributed by atoms with van der Waals surface area (Å²) in [5, 5.41) is 10.9. The molecule has 6 nitrogen and oxygen atoms in total. The van der Waals surface area contributed by atoms with Crippen LogP contribution >= 0.6 is 11.8 Å². The number of carbonyl (C=O) groups is 2. The molecular weight excluding hydrogens is 362 g/mol. The lowest BCUT2D eigenvalue weighted by Crippen LogP contribution is -2.54. The van der Waals surface area contributed by atoms with Crippen molar-refractivity contribution in [2.24, 2.45) is 0 Å². The normalized spacial score (nSPS) is 16.4. The highest BCUT2D eigenvalue weighted by molar-refractivity contribution is 8.00. The number of β-amino-alcohol motifs (C(OH)–C–C–N with tert-alkyl or cyclic N) is 1. The van der Waals surface area contributed by atoms with Crippen LogP contribution in [0, 0.1) is 6.92 Å². The molecule has 1 fully saturated rings. The topological polar surface area (TPSA) is 72.9 Å². The zero-order valence-corrected chi connectivity index (χ0v) is 17.1. The third kappa shape index (κ3) is 7.10. The molecule has 0 saturated carbocycles. The number of hydrogen-bond acceptors (Lipinski definition) is 6. The lowest BCUT2D eigenvalue weighted by atomic mass is 10.0. The van der Waals surface area contributed by atoms with Crippen LogP contribution in [0.25, 0.3) is 5.57 Å². The van der Waals surface area contributed by atoms with Crippen LogP contribution in [0.2, 0.25) is 0 Å². The quantitative estimate of drug-likeness (QED) is 0.519. The van der Waals surface area contributed by atoms with E-state index in [-0.39, 0.29) is 18.3 Å². The molecule has 0 unspecified atom stereocenters. The van der Waals surface area contributed by atoms with Gasteiger partial charge in [-0.2, -0.15) is 0 Å². The van der Waals surface area contributed by atoms with Crippen LogP contribution in [0.15, 0.2) is 29.2 Å².